The monoisotopic (exact) mass is 374 g/mol. The van der Waals surface area contributed by atoms with E-state index in [1.54, 1.807) is 0 Å². The number of nitrogens with one attached hydrogen (secondary N) is 1. The van der Waals surface area contributed by atoms with Crippen LogP contribution < -0.4 is 5.32 Å². The van der Waals surface area contributed by atoms with Crippen LogP contribution in [0.2, 0.25) is 0 Å². The maximum atomic E-state index is 12.6. The number of benzene rings is 1. The molecule has 1 heterocycles. The molecule has 1 aromatic carbocycles. The molecule has 6 nitrogen and oxygen atoms in total. The van der Waals surface area contributed by atoms with Crippen LogP contribution in [0.5, 0.6) is 0 Å². The maximum absolute atomic E-state index is 12.6. The molecule has 3 N–H and O–H groups in total. The third-order valence-corrected chi connectivity index (χ3v) is 4.58. The van der Waals surface area contributed by atoms with Gasteiger partial charge in [0.1, 0.15) is 0 Å². The third kappa shape index (κ3) is 4.53. The zero-order valence-corrected chi connectivity index (χ0v) is 14.2. The number of halogens is 3. The number of hydrogen-bond donors (Lipinski definition) is 3. The molecule has 9 heteroatoms. The molecule has 2 unspecified atom stereocenters. The Morgan fingerprint density at radius 1 is 1.12 bits per heavy atom. The summed E-state index contributed by atoms with van der Waals surface area (Å²) in [6, 6.07) is 4.96. The molecule has 0 spiro atoms. The van der Waals surface area contributed by atoms with E-state index in [-0.39, 0.29) is 19.0 Å². The highest BCUT2D eigenvalue weighted by atomic mass is 19.4. The summed E-state index contributed by atoms with van der Waals surface area (Å²) >= 11 is 0. The molecule has 1 aliphatic heterocycles. The van der Waals surface area contributed by atoms with Crippen molar-refractivity contribution in [3.63, 3.8) is 0 Å². The summed E-state index contributed by atoms with van der Waals surface area (Å²) < 4.78 is 37.8. The maximum Gasteiger partial charge on any atom is 0.416 e. The predicted molar refractivity (Wildman–Crippen MR) is 86.1 cm³/mol. The molecule has 1 saturated heterocycles. The van der Waals surface area contributed by atoms with E-state index in [2.05, 4.69) is 5.32 Å². The number of hydrogen-bond acceptors (Lipinski definition) is 4. The lowest BCUT2D eigenvalue weighted by Crippen LogP contribution is -2.51. The molecule has 1 fully saturated rings. The zero-order chi connectivity index (χ0) is 19.5. The number of nitrogens with zero attached hydrogens (tertiary/aromatic N) is 1. The zero-order valence-electron chi connectivity index (χ0n) is 14.2. The van der Waals surface area contributed by atoms with Crippen molar-refractivity contribution in [2.75, 3.05) is 20.1 Å². The summed E-state index contributed by atoms with van der Waals surface area (Å²) in [5.74, 6) is -1.60. The molecule has 0 saturated carbocycles. The van der Waals surface area contributed by atoms with Crippen molar-refractivity contribution in [2.45, 2.75) is 37.1 Å². The van der Waals surface area contributed by atoms with Crippen molar-refractivity contribution in [3.05, 3.63) is 35.4 Å². The summed E-state index contributed by atoms with van der Waals surface area (Å²) in [4.78, 5) is 24.8. The topological polar surface area (TPSA) is 89.9 Å². The van der Waals surface area contributed by atoms with Gasteiger partial charge in [0, 0.05) is 20.1 Å². The van der Waals surface area contributed by atoms with Crippen LogP contribution in [-0.4, -0.2) is 59.3 Å². The van der Waals surface area contributed by atoms with Crippen molar-refractivity contribution in [3.8, 4) is 0 Å². The molecule has 0 aliphatic carbocycles. The highest BCUT2D eigenvalue weighted by molar-refractivity contribution is 5.90. The van der Waals surface area contributed by atoms with Gasteiger partial charge < -0.3 is 20.4 Å². The van der Waals surface area contributed by atoms with Crippen LogP contribution >= 0.6 is 0 Å². The van der Waals surface area contributed by atoms with Crippen LogP contribution in [0.25, 0.3) is 0 Å². The van der Waals surface area contributed by atoms with Gasteiger partial charge in [0.25, 0.3) is 11.8 Å². The molecule has 144 valence electrons. The van der Waals surface area contributed by atoms with Crippen molar-refractivity contribution in [1.29, 1.82) is 0 Å². The molecule has 2 amide bonds. The minimum absolute atomic E-state index is 0.00217. The Bertz CT molecular complexity index is 640. The number of aliphatic hydroxyl groups excluding tert-OH is 2. The largest absolute Gasteiger partial charge is 0.416 e. The summed E-state index contributed by atoms with van der Waals surface area (Å²) in [5, 5.41) is 21.6. The second-order valence-corrected chi connectivity index (χ2v) is 6.22. The van der Waals surface area contributed by atoms with Gasteiger partial charge in [-0.05, 0) is 36.5 Å². The summed E-state index contributed by atoms with van der Waals surface area (Å²) in [5.41, 5.74) is 0.0521. The summed E-state index contributed by atoms with van der Waals surface area (Å²) in [6.07, 6.45) is -7.05. The molecule has 0 bridgehead atoms. The Hall–Kier alpha value is -2.13. The molecule has 2 atom stereocenters. The Kier molecular flexibility index (Phi) is 6.25. The van der Waals surface area contributed by atoms with Gasteiger partial charge in [-0.3, -0.25) is 9.59 Å². The first-order valence-electron chi connectivity index (χ1n) is 8.18. The number of alkyl halides is 3. The Balaban J connectivity index is 1.94. The van der Waals surface area contributed by atoms with Crippen LogP contribution in [0.1, 0.15) is 29.9 Å². The number of piperidine rings is 1. The van der Waals surface area contributed by atoms with Crippen molar-refractivity contribution in [2.24, 2.45) is 0 Å². The Morgan fingerprint density at radius 2 is 1.65 bits per heavy atom. The first-order chi connectivity index (χ1) is 12.1. The third-order valence-electron chi connectivity index (χ3n) is 4.58. The Morgan fingerprint density at radius 3 is 2.12 bits per heavy atom. The standard InChI is InChI=1S/C17H21F3N2O4/c1-21-15(25)13(23)14(24)16(26)22-8-6-11(7-9-22)10-2-4-12(5-3-10)17(18,19)20/h2-5,11,13-14,23-24H,6-9H2,1H3,(H,21,25). The van der Waals surface area contributed by atoms with E-state index < -0.39 is 35.8 Å². The lowest BCUT2D eigenvalue weighted by Gasteiger charge is -2.34. The van der Waals surface area contributed by atoms with E-state index in [1.165, 1.54) is 24.1 Å². The van der Waals surface area contributed by atoms with E-state index >= 15 is 0 Å². The average molecular weight is 374 g/mol. The molecule has 1 aliphatic rings. The first-order valence-corrected chi connectivity index (χ1v) is 8.18. The van der Waals surface area contributed by atoms with Gasteiger partial charge in [-0.15, -0.1) is 0 Å². The smallest absolute Gasteiger partial charge is 0.380 e. The lowest BCUT2D eigenvalue weighted by molar-refractivity contribution is -0.153. The molecule has 0 radical (unpaired) electrons. The fourth-order valence-electron chi connectivity index (χ4n) is 2.99. The molecule has 26 heavy (non-hydrogen) atoms. The van der Waals surface area contributed by atoms with E-state index in [9.17, 15) is 33.0 Å². The number of likely N-dealkylation sites (N-methyl/N-ethyl adjacent to an activating group) is 1. The van der Waals surface area contributed by atoms with Crippen molar-refractivity contribution < 1.29 is 33.0 Å². The van der Waals surface area contributed by atoms with Gasteiger partial charge in [-0.2, -0.15) is 13.2 Å². The first kappa shape index (κ1) is 20.2. The van der Waals surface area contributed by atoms with Gasteiger partial charge in [0.15, 0.2) is 12.2 Å². The SMILES string of the molecule is CNC(=O)C(O)C(O)C(=O)N1CCC(c2ccc(C(F)(F)F)cc2)CC1. The van der Waals surface area contributed by atoms with Gasteiger partial charge in [0.2, 0.25) is 0 Å². The van der Waals surface area contributed by atoms with E-state index in [1.807, 2.05) is 0 Å². The minimum atomic E-state index is -4.38. The summed E-state index contributed by atoms with van der Waals surface area (Å²) in [6.45, 7) is 0.560. The van der Waals surface area contributed by atoms with E-state index in [4.69, 9.17) is 0 Å². The van der Waals surface area contributed by atoms with Crippen molar-refractivity contribution >= 4 is 11.8 Å². The second kappa shape index (κ2) is 8.05. The fraction of sp³-hybridized carbons (Fsp3) is 0.529. The highest BCUT2D eigenvalue weighted by Gasteiger charge is 2.35. The number of amides is 2. The van der Waals surface area contributed by atoms with E-state index in [0.29, 0.717) is 12.8 Å². The normalized spacial score (nSPS) is 18.3. The van der Waals surface area contributed by atoms with Crippen LogP contribution in [0, 0.1) is 0 Å². The van der Waals surface area contributed by atoms with Gasteiger partial charge in [-0.25, -0.2) is 0 Å². The van der Waals surface area contributed by atoms with Gasteiger partial charge in [0.05, 0.1) is 5.56 Å². The Labute approximate surface area is 148 Å². The van der Waals surface area contributed by atoms with Crippen molar-refractivity contribution in [1.82, 2.24) is 10.2 Å². The molecule has 2 rings (SSSR count). The van der Waals surface area contributed by atoms with Crippen LogP contribution in [0.4, 0.5) is 13.2 Å². The average Bonchev–Trinajstić information content (AvgIpc) is 2.65. The minimum Gasteiger partial charge on any atom is -0.380 e. The second-order valence-electron chi connectivity index (χ2n) is 6.22. The molecule has 0 aromatic heterocycles. The van der Waals surface area contributed by atoms with E-state index in [0.717, 1.165) is 17.7 Å². The van der Waals surface area contributed by atoms with Gasteiger partial charge >= 0.3 is 6.18 Å². The number of rotatable bonds is 4. The number of likely N-dealkylation sites (tertiary alicyclic amines) is 1. The lowest BCUT2D eigenvalue weighted by atomic mass is 9.88. The molecular formula is C17H21F3N2O4. The van der Waals surface area contributed by atoms with Crippen LogP contribution in [0.15, 0.2) is 24.3 Å². The van der Waals surface area contributed by atoms with Crippen LogP contribution in [0.3, 0.4) is 0 Å². The molecule has 1 aromatic rings. The van der Waals surface area contributed by atoms with Gasteiger partial charge in [-0.1, -0.05) is 12.1 Å². The predicted octanol–water partition coefficient (Wildman–Crippen LogP) is 0.879. The number of aliphatic hydroxyl groups is 2. The highest BCUT2D eigenvalue weighted by Crippen LogP contribution is 2.33. The quantitative estimate of drug-likeness (QED) is 0.730. The molecular weight excluding hydrogens is 353 g/mol. The van der Waals surface area contributed by atoms with Crippen LogP contribution in [-0.2, 0) is 15.8 Å². The summed E-state index contributed by atoms with van der Waals surface area (Å²) in [7, 11) is 1.28. The fourth-order valence-corrected chi connectivity index (χ4v) is 2.99. The number of carbonyl (C=O) groups excluding carboxylic acids is 2. The number of carbonyl (C=O) groups is 2.